The minimum Gasteiger partial charge on any atom is -0.437 e. The van der Waals surface area contributed by atoms with E-state index in [4.69, 9.17) is 4.74 Å². The molecule has 0 N–H and O–H groups in total. The SMILES string of the molecule is Cn1cc(C(=O)N2CCN3C(=O)OC4(CN(C(=O)C5CC5)C4)C3C2)c(C(F)(F)F)n1. The van der Waals surface area contributed by atoms with Crippen LogP contribution in [0.5, 0.6) is 0 Å². The third kappa shape index (κ3) is 2.83. The lowest BCUT2D eigenvalue weighted by atomic mass is 9.84. The average Bonchev–Trinajstić information content (AvgIpc) is 3.36. The maximum atomic E-state index is 13.3. The number of amides is 3. The van der Waals surface area contributed by atoms with E-state index in [0.29, 0.717) is 0 Å². The first kappa shape index (κ1) is 19.2. The first-order valence-electron chi connectivity index (χ1n) is 9.77. The number of rotatable bonds is 2. The number of carbonyl (C=O) groups is 3. The highest BCUT2D eigenvalue weighted by molar-refractivity contribution is 5.95. The molecule has 4 aliphatic rings. The molecule has 5 rings (SSSR count). The van der Waals surface area contributed by atoms with Gasteiger partial charge < -0.3 is 14.5 Å². The highest BCUT2D eigenvalue weighted by atomic mass is 19.4. The molecule has 1 aromatic rings. The van der Waals surface area contributed by atoms with Crippen LogP contribution in [0.4, 0.5) is 18.0 Å². The summed E-state index contributed by atoms with van der Waals surface area (Å²) in [5.41, 5.74) is -2.66. The van der Waals surface area contributed by atoms with Gasteiger partial charge in [-0.25, -0.2) is 4.79 Å². The van der Waals surface area contributed by atoms with Crippen molar-refractivity contribution in [2.24, 2.45) is 13.0 Å². The molecule has 1 aliphatic carbocycles. The zero-order valence-corrected chi connectivity index (χ0v) is 16.2. The lowest BCUT2D eigenvalue weighted by Crippen LogP contribution is -2.72. The van der Waals surface area contributed by atoms with Gasteiger partial charge in [-0.2, -0.15) is 18.3 Å². The van der Waals surface area contributed by atoms with Gasteiger partial charge in [0, 0.05) is 38.8 Å². The van der Waals surface area contributed by atoms with Crippen LogP contribution >= 0.6 is 0 Å². The Morgan fingerprint density at radius 1 is 1.20 bits per heavy atom. The molecule has 1 spiro atoms. The number of likely N-dealkylation sites (tertiary alicyclic amines) is 1. The van der Waals surface area contributed by atoms with Crippen LogP contribution in [0.15, 0.2) is 6.20 Å². The summed E-state index contributed by atoms with van der Waals surface area (Å²) in [6.07, 6.45) is -2.47. The molecule has 9 nitrogen and oxygen atoms in total. The smallest absolute Gasteiger partial charge is 0.435 e. The number of hydrogen-bond acceptors (Lipinski definition) is 5. The summed E-state index contributed by atoms with van der Waals surface area (Å²) in [7, 11) is 1.32. The number of nitrogens with zero attached hydrogens (tertiary/aromatic N) is 5. The van der Waals surface area contributed by atoms with Crippen molar-refractivity contribution in [1.82, 2.24) is 24.5 Å². The standard InChI is InChI=1S/C18H20F3N5O4/c1-23-6-11(13(22-23)18(19,20)21)15(28)24-4-5-26-12(7-24)17(30-16(26)29)8-25(9-17)14(27)10-2-3-10/h6,10,12H,2-5,7-9H2,1H3. The van der Waals surface area contributed by atoms with Crippen molar-refractivity contribution in [3.05, 3.63) is 17.5 Å². The molecular weight excluding hydrogens is 407 g/mol. The van der Waals surface area contributed by atoms with Crippen LogP contribution in [0.1, 0.15) is 28.9 Å². The van der Waals surface area contributed by atoms with E-state index in [1.165, 1.54) is 16.8 Å². The van der Waals surface area contributed by atoms with Gasteiger partial charge in [0.25, 0.3) is 5.91 Å². The summed E-state index contributed by atoms with van der Waals surface area (Å²) in [5.74, 6) is -0.690. The van der Waals surface area contributed by atoms with Gasteiger partial charge in [0.15, 0.2) is 11.3 Å². The first-order chi connectivity index (χ1) is 14.1. The number of fused-ring (bicyclic) bond motifs is 2. The predicted octanol–water partition coefficient (Wildman–Crippen LogP) is 0.706. The Morgan fingerprint density at radius 3 is 2.53 bits per heavy atom. The summed E-state index contributed by atoms with van der Waals surface area (Å²) < 4.78 is 46.4. The van der Waals surface area contributed by atoms with E-state index >= 15 is 0 Å². The second kappa shape index (κ2) is 6.11. The van der Waals surface area contributed by atoms with Crippen LogP contribution in [0.2, 0.25) is 0 Å². The van der Waals surface area contributed by atoms with Crippen molar-refractivity contribution in [1.29, 1.82) is 0 Å². The molecule has 1 saturated carbocycles. The zero-order chi connectivity index (χ0) is 21.4. The highest BCUT2D eigenvalue weighted by Crippen LogP contribution is 2.42. The average molecular weight is 427 g/mol. The first-order valence-corrected chi connectivity index (χ1v) is 9.77. The number of aromatic nitrogens is 2. The molecule has 12 heteroatoms. The topological polar surface area (TPSA) is 88.0 Å². The second-order valence-electron chi connectivity index (χ2n) is 8.42. The Hall–Kier alpha value is -2.79. The number of ether oxygens (including phenoxy) is 1. The van der Waals surface area contributed by atoms with Crippen LogP contribution in [0.25, 0.3) is 0 Å². The van der Waals surface area contributed by atoms with Crippen LogP contribution < -0.4 is 0 Å². The molecule has 0 radical (unpaired) electrons. The third-order valence-electron chi connectivity index (χ3n) is 6.28. The van der Waals surface area contributed by atoms with Gasteiger partial charge in [0.1, 0.15) is 0 Å². The van der Waals surface area contributed by atoms with Crippen molar-refractivity contribution < 1.29 is 32.3 Å². The summed E-state index contributed by atoms with van der Waals surface area (Å²) in [5, 5.41) is 3.39. The Bertz CT molecular complexity index is 935. The molecule has 1 unspecified atom stereocenters. The zero-order valence-electron chi connectivity index (χ0n) is 16.2. The molecule has 0 bridgehead atoms. The molecule has 3 saturated heterocycles. The van der Waals surface area contributed by atoms with E-state index < -0.39 is 41.1 Å². The number of alkyl halides is 3. The van der Waals surface area contributed by atoms with E-state index in [0.717, 1.165) is 23.7 Å². The molecule has 3 aliphatic heterocycles. The minimum absolute atomic E-state index is 0.0439. The maximum absolute atomic E-state index is 13.3. The normalized spacial score (nSPS) is 25.3. The van der Waals surface area contributed by atoms with E-state index in [1.54, 1.807) is 4.90 Å². The minimum atomic E-state index is -4.75. The fourth-order valence-electron chi connectivity index (χ4n) is 4.58. The van der Waals surface area contributed by atoms with Gasteiger partial charge in [0.2, 0.25) is 5.91 Å². The van der Waals surface area contributed by atoms with Crippen molar-refractivity contribution in [3.8, 4) is 0 Å². The van der Waals surface area contributed by atoms with E-state index in [2.05, 4.69) is 5.10 Å². The van der Waals surface area contributed by atoms with Gasteiger partial charge in [-0.15, -0.1) is 0 Å². The molecule has 4 heterocycles. The maximum Gasteiger partial charge on any atom is 0.435 e. The monoisotopic (exact) mass is 427 g/mol. The molecule has 30 heavy (non-hydrogen) atoms. The summed E-state index contributed by atoms with van der Waals surface area (Å²) in [6, 6.07) is -0.503. The molecular formula is C18H20F3N5O4. The summed E-state index contributed by atoms with van der Waals surface area (Å²) >= 11 is 0. The second-order valence-corrected chi connectivity index (χ2v) is 8.42. The molecule has 0 aromatic carbocycles. The van der Waals surface area contributed by atoms with E-state index in [-0.39, 0.29) is 44.5 Å². The molecule has 4 fully saturated rings. The van der Waals surface area contributed by atoms with Crippen molar-refractivity contribution in [2.45, 2.75) is 30.7 Å². The third-order valence-corrected chi connectivity index (χ3v) is 6.28. The summed E-state index contributed by atoms with van der Waals surface area (Å²) in [6.45, 7) is 0.796. The number of carbonyl (C=O) groups excluding carboxylic acids is 3. The van der Waals surface area contributed by atoms with Crippen LogP contribution in [-0.4, -0.2) is 86.8 Å². The lowest BCUT2D eigenvalue weighted by molar-refractivity contribution is -0.156. The Labute approximate surface area is 169 Å². The molecule has 1 aromatic heterocycles. The lowest BCUT2D eigenvalue weighted by Gasteiger charge is -2.51. The quantitative estimate of drug-likeness (QED) is 0.694. The van der Waals surface area contributed by atoms with Gasteiger partial charge in [-0.3, -0.25) is 19.2 Å². The predicted molar refractivity (Wildman–Crippen MR) is 93.1 cm³/mol. The fraction of sp³-hybridized carbons (Fsp3) is 0.667. The molecule has 3 amide bonds. The number of hydrogen-bond donors (Lipinski definition) is 0. The van der Waals surface area contributed by atoms with E-state index in [9.17, 15) is 27.6 Å². The highest BCUT2D eigenvalue weighted by Gasteiger charge is 2.63. The number of halogens is 3. The summed E-state index contributed by atoms with van der Waals surface area (Å²) in [4.78, 5) is 41.9. The molecule has 162 valence electrons. The van der Waals surface area contributed by atoms with Crippen LogP contribution in [0, 0.1) is 5.92 Å². The fourth-order valence-corrected chi connectivity index (χ4v) is 4.58. The van der Waals surface area contributed by atoms with E-state index in [1.807, 2.05) is 0 Å². The van der Waals surface area contributed by atoms with Crippen molar-refractivity contribution in [2.75, 3.05) is 32.7 Å². The van der Waals surface area contributed by atoms with Crippen molar-refractivity contribution >= 4 is 17.9 Å². The van der Waals surface area contributed by atoms with Gasteiger partial charge in [-0.05, 0) is 12.8 Å². The van der Waals surface area contributed by atoms with Gasteiger partial charge >= 0.3 is 12.3 Å². The Morgan fingerprint density at radius 2 is 1.90 bits per heavy atom. The van der Waals surface area contributed by atoms with Gasteiger partial charge in [0.05, 0.1) is 24.7 Å². The van der Waals surface area contributed by atoms with Crippen LogP contribution in [-0.2, 0) is 22.8 Å². The number of aryl methyl sites for hydroxylation is 1. The number of piperazine rings is 1. The largest absolute Gasteiger partial charge is 0.437 e. The Balaban J connectivity index is 1.35. The molecule has 1 atom stereocenters. The van der Waals surface area contributed by atoms with Gasteiger partial charge in [-0.1, -0.05) is 0 Å². The Kier molecular flexibility index (Phi) is 3.91. The van der Waals surface area contributed by atoms with Crippen LogP contribution in [0.3, 0.4) is 0 Å². The van der Waals surface area contributed by atoms with Crippen molar-refractivity contribution in [3.63, 3.8) is 0 Å².